The zero-order chi connectivity index (χ0) is 13.8. The van der Waals surface area contributed by atoms with Crippen molar-refractivity contribution in [2.24, 2.45) is 0 Å². The van der Waals surface area contributed by atoms with E-state index in [1.807, 2.05) is 12.1 Å². The summed E-state index contributed by atoms with van der Waals surface area (Å²) in [5.41, 5.74) is 0.862. The Hall–Kier alpha value is 0.0400. The van der Waals surface area contributed by atoms with Crippen molar-refractivity contribution in [3.63, 3.8) is 0 Å². The molecule has 1 fully saturated rings. The molecule has 19 heavy (non-hydrogen) atoms. The first-order valence-corrected chi connectivity index (χ1v) is 8.28. The number of nitrogens with zero attached hydrogens (tertiary/aromatic N) is 1. The Morgan fingerprint density at radius 2 is 1.95 bits per heavy atom. The van der Waals surface area contributed by atoms with E-state index in [1.54, 1.807) is 0 Å². The highest BCUT2D eigenvalue weighted by Gasteiger charge is 2.18. The molecule has 0 aliphatic carbocycles. The van der Waals surface area contributed by atoms with Crippen molar-refractivity contribution in [1.82, 2.24) is 4.90 Å². The van der Waals surface area contributed by atoms with Gasteiger partial charge in [0.05, 0.1) is 15.7 Å². The summed E-state index contributed by atoms with van der Waals surface area (Å²) in [6, 6.07) is 4.21. The summed E-state index contributed by atoms with van der Waals surface area (Å²) >= 11 is 15.9. The van der Waals surface area contributed by atoms with Crippen LogP contribution in [0.15, 0.2) is 16.6 Å². The van der Waals surface area contributed by atoms with Crippen molar-refractivity contribution in [3.8, 4) is 0 Å². The molecule has 2 rings (SSSR count). The van der Waals surface area contributed by atoms with Crippen LogP contribution in [0.2, 0.25) is 10.0 Å². The Balaban J connectivity index is 2.05. The third-order valence-corrected chi connectivity index (χ3v) is 4.68. The molecule has 2 nitrogen and oxygen atoms in total. The van der Waals surface area contributed by atoms with Crippen LogP contribution in [0.3, 0.4) is 0 Å². The van der Waals surface area contributed by atoms with Crippen LogP contribution in [0.1, 0.15) is 26.2 Å². The maximum atomic E-state index is 6.26. The van der Waals surface area contributed by atoms with Gasteiger partial charge in [-0.3, -0.25) is 0 Å². The fourth-order valence-corrected chi connectivity index (χ4v) is 3.82. The van der Waals surface area contributed by atoms with Crippen LogP contribution in [0.25, 0.3) is 0 Å². The molecule has 1 heterocycles. The molecular weight excluding hydrogens is 347 g/mol. The number of hydrogen-bond acceptors (Lipinski definition) is 2. The molecule has 5 heteroatoms. The largest absolute Gasteiger partial charge is 0.380 e. The molecular formula is C14H19BrCl2N2. The molecule has 0 saturated carbocycles. The van der Waals surface area contributed by atoms with Gasteiger partial charge in [0.1, 0.15) is 0 Å². The monoisotopic (exact) mass is 364 g/mol. The minimum absolute atomic E-state index is 0.452. The lowest BCUT2D eigenvalue weighted by molar-refractivity contribution is 0.300. The van der Waals surface area contributed by atoms with E-state index in [1.165, 1.54) is 19.4 Å². The van der Waals surface area contributed by atoms with Gasteiger partial charge < -0.3 is 10.2 Å². The second kappa shape index (κ2) is 7.16. The van der Waals surface area contributed by atoms with Gasteiger partial charge in [-0.05, 0) is 44.5 Å². The third-order valence-electron chi connectivity index (χ3n) is 3.62. The fourth-order valence-electron chi connectivity index (χ4n) is 2.50. The van der Waals surface area contributed by atoms with E-state index in [4.69, 9.17) is 23.2 Å². The standard InChI is InChI=1S/C14H19BrCl2N2/c1-2-19-6-3-4-11(5-7-19)18-14-12(16)8-10(15)9-13(14)17/h8-9,11,18H,2-7H2,1H3. The second-order valence-electron chi connectivity index (χ2n) is 4.95. The molecule has 0 amide bonds. The van der Waals surface area contributed by atoms with Crippen molar-refractivity contribution in [2.75, 3.05) is 25.0 Å². The molecule has 0 aromatic heterocycles. The number of anilines is 1. The zero-order valence-corrected chi connectivity index (χ0v) is 14.2. The van der Waals surface area contributed by atoms with Gasteiger partial charge in [0, 0.05) is 17.1 Å². The number of nitrogens with one attached hydrogen (secondary N) is 1. The molecule has 106 valence electrons. The zero-order valence-electron chi connectivity index (χ0n) is 11.1. The van der Waals surface area contributed by atoms with Crippen LogP contribution in [0.5, 0.6) is 0 Å². The molecule has 1 aliphatic rings. The highest BCUT2D eigenvalue weighted by molar-refractivity contribution is 9.10. The quantitative estimate of drug-likeness (QED) is 0.806. The van der Waals surface area contributed by atoms with Crippen LogP contribution in [-0.2, 0) is 0 Å². The van der Waals surface area contributed by atoms with Crippen LogP contribution in [0.4, 0.5) is 5.69 Å². The molecule has 1 atom stereocenters. The Kier molecular flexibility index (Phi) is 5.82. The van der Waals surface area contributed by atoms with Gasteiger partial charge in [-0.15, -0.1) is 0 Å². The van der Waals surface area contributed by atoms with Crippen LogP contribution >= 0.6 is 39.1 Å². The highest BCUT2D eigenvalue weighted by Crippen LogP contribution is 2.35. The van der Waals surface area contributed by atoms with Crippen molar-refractivity contribution < 1.29 is 0 Å². The molecule has 0 radical (unpaired) electrons. The first-order valence-electron chi connectivity index (χ1n) is 6.73. The summed E-state index contributed by atoms with van der Waals surface area (Å²) < 4.78 is 0.908. The van der Waals surface area contributed by atoms with Gasteiger partial charge in [0.2, 0.25) is 0 Å². The molecule has 1 aromatic carbocycles. The van der Waals surface area contributed by atoms with E-state index >= 15 is 0 Å². The maximum Gasteiger partial charge on any atom is 0.0721 e. The summed E-state index contributed by atoms with van der Waals surface area (Å²) in [4.78, 5) is 2.49. The lowest BCUT2D eigenvalue weighted by Gasteiger charge is -2.20. The van der Waals surface area contributed by atoms with E-state index in [-0.39, 0.29) is 0 Å². The van der Waals surface area contributed by atoms with E-state index in [9.17, 15) is 0 Å². The molecule has 1 N–H and O–H groups in total. The lowest BCUT2D eigenvalue weighted by atomic mass is 10.1. The summed E-state index contributed by atoms with van der Waals surface area (Å²) in [5.74, 6) is 0. The predicted molar refractivity (Wildman–Crippen MR) is 87.5 cm³/mol. The molecule has 1 saturated heterocycles. The van der Waals surface area contributed by atoms with E-state index < -0.39 is 0 Å². The smallest absolute Gasteiger partial charge is 0.0721 e. The van der Waals surface area contributed by atoms with Crippen molar-refractivity contribution in [3.05, 3.63) is 26.7 Å². The minimum atomic E-state index is 0.452. The van der Waals surface area contributed by atoms with E-state index in [0.717, 1.165) is 29.7 Å². The SMILES string of the molecule is CCN1CCCC(Nc2c(Cl)cc(Br)cc2Cl)CC1. The van der Waals surface area contributed by atoms with Gasteiger partial charge in [-0.2, -0.15) is 0 Å². The van der Waals surface area contributed by atoms with Crippen LogP contribution in [-0.4, -0.2) is 30.6 Å². The Labute approximate surface area is 133 Å². The first kappa shape index (κ1) is 15.4. The van der Waals surface area contributed by atoms with Gasteiger partial charge in [-0.1, -0.05) is 46.1 Å². The second-order valence-corrected chi connectivity index (χ2v) is 6.68. The summed E-state index contributed by atoms with van der Waals surface area (Å²) in [7, 11) is 0. The van der Waals surface area contributed by atoms with Crippen molar-refractivity contribution in [2.45, 2.75) is 32.2 Å². The average molecular weight is 366 g/mol. The third kappa shape index (κ3) is 4.25. The van der Waals surface area contributed by atoms with Gasteiger partial charge in [0.25, 0.3) is 0 Å². The van der Waals surface area contributed by atoms with Crippen LogP contribution in [0, 0.1) is 0 Å². The van der Waals surface area contributed by atoms with E-state index in [0.29, 0.717) is 16.1 Å². The van der Waals surface area contributed by atoms with Crippen molar-refractivity contribution >= 4 is 44.8 Å². The summed E-state index contributed by atoms with van der Waals surface area (Å²) in [5, 5.41) is 4.87. The fraction of sp³-hybridized carbons (Fsp3) is 0.571. The van der Waals surface area contributed by atoms with Gasteiger partial charge >= 0.3 is 0 Å². The lowest BCUT2D eigenvalue weighted by Crippen LogP contribution is -2.26. The Morgan fingerprint density at radius 1 is 1.26 bits per heavy atom. The number of rotatable bonds is 3. The van der Waals surface area contributed by atoms with E-state index in [2.05, 4.69) is 33.1 Å². The number of halogens is 3. The average Bonchev–Trinajstić information content (AvgIpc) is 2.58. The molecule has 1 unspecified atom stereocenters. The van der Waals surface area contributed by atoms with Gasteiger partial charge in [-0.25, -0.2) is 0 Å². The maximum absolute atomic E-state index is 6.26. The number of likely N-dealkylation sites (tertiary alicyclic amines) is 1. The Morgan fingerprint density at radius 3 is 2.58 bits per heavy atom. The molecule has 1 aliphatic heterocycles. The van der Waals surface area contributed by atoms with Gasteiger partial charge in [0.15, 0.2) is 0 Å². The summed E-state index contributed by atoms with van der Waals surface area (Å²) in [6.07, 6.45) is 3.52. The Bertz CT molecular complexity index is 416. The molecule has 0 spiro atoms. The number of benzene rings is 1. The highest BCUT2D eigenvalue weighted by atomic mass is 79.9. The summed E-state index contributed by atoms with van der Waals surface area (Å²) in [6.45, 7) is 5.68. The topological polar surface area (TPSA) is 15.3 Å². The number of hydrogen-bond donors (Lipinski definition) is 1. The van der Waals surface area contributed by atoms with Crippen LogP contribution < -0.4 is 5.32 Å². The van der Waals surface area contributed by atoms with Crippen molar-refractivity contribution in [1.29, 1.82) is 0 Å². The predicted octanol–water partition coefficient (Wildman–Crippen LogP) is 5.04. The minimum Gasteiger partial charge on any atom is -0.380 e. The molecule has 1 aromatic rings. The molecule has 0 bridgehead atoms. The normalized spacial score (nSPS) is 21.2. The first-order chi connectivity index (χ1) is 9.10.